The van der Waals surface area contributed by atoms with Gasteiger partial charge in [0.2, 0.25) is 0 Å². The summed E-state index contributed by atoms with van der Waals surface area (Å²) in [6.07, 6.45) is -1.20. The molecule has 1 saturated heterocycles. The number of nitrogens with zero attached hydrogens (tertiary/aromatic N) is 2. The molecule has 0 radical (unpaired) electrons. The van der Waals surface area contributed by atoms with E-state index in [0.29, 0.717) is 13.0 Å². The van der Waals surface area contributed by atoms with E-state index < -0.39 is 11.9 Å². The van der Waals surface area contributed by atoms with Gasteiger partial charge in [0.25, 0.3) is 0 Å². The molecule has 2 rings (SSSR count). The number of hydrogen-bond donors (Lipinski definition) is 2. The first-order valence-electron chi connectivity index (χ1n) is 7.08. The third-order valence-corrected chi connectivity index (χ3v) is 4.43. The maximum absolute atomic E-state index is 12.5. The number of amides is 2. The number of nitrogens with one attached hydrogen (secondary N) is 1. The van der Waals surface area contributed by atoms with E-state index in [-0.39, 0.29) is 30.2 Å². The van der Waals surface area contributed by atoms with Crippen molar-refractivity contribution in [2.24, 2.45) is 0 Å². The third-order valence-electron chi connectivity index (χ3n) is 3.58. The molecular formula is C13H18F3N3O2S. The Kier molecular flexibility index (Phi) is 5.63. The summed E-state index contributed by atoms with van der Waals surface area (Å²) in [6, 6.07) is -0.331. The van der Waals surface area contributed by atoms with E-state index in [0.717, 1.165) is 36.0 Å². The molecule has 0 saturated carbocycles. The van der Waals surface area contributed by atoms with Gasteiger partial charge in [0.15, 0.2) is 5.69 Å². The van der Waals surface area contributed by atoms with Gasteiger partial charge in [-0.05, 0) is 25.7 Å². The van der Waals surface area contributed by atoms with E-state index in [4.69, 9.17) is 5.11 Å². The van der Waals surface area contributed by atoms with Crippen molar-refractivity contribution in [1.29, 1.82) is 0 Å². The van der Waals surface area contributed by atoms with Gasteiger partial charge in [0.05, 0.1) is 6.54 Å². The van der Waals surface area contributed by atoms with Crippen LogP contribution in [0.5, 0.6) is 0 Å². The highest BCUT2D eigenvalue weighted by molar-refractivity contribution is 7.09. The van der Waals surface area contributed by atoms with Gasteiger partial charge in [-0.2, -0.15) is 13.2 Å². The molecule has 2 N–H and O–H groups in total. The number of alkyl halides is 3. The minimum Gasteiger partial charge on any atom is -0.396 e. The summed E-state index contributed by atoms with van der Waals surface area (Å²) >= 11 is 0.872. The van der Waals surface area contributed by atoms with Crippen LogP contribution in [0.15, 0.2) is 5.38 Å². The molecule has 1 aromatic rings. The lowest BCUT2D eigenvalue weighted by molar-refractivity contribution is -0.140. The standard InChI is InChI=1S/C13H18F3N3O2S/c14-13(15,16)10-8-22-11(18-10)7-17-12(21)19-5-2-1-3-9(19)4-6-20/h8-9,20H,1-7H2,(H,17,21). The molecule has 1 atom stereocenters. The monoisotopic (exact) mass is 337 g/mol. The van der Waals surface area contributed by atoms with E-state index >= 15 is 0 Å². The van der Waals surface area contributed by atoms with Crippen molar-refractivity contribution < 1.29 is 23.1 Å². The maximum atomic E-state index is 12.5. The SMILES string of the molecule is O=C(NCc1nc(C(F)(F)F)cs1)N1CCCCC1CCO. The van der Waals surface area contributed by atoms with Crippen molar-refractivity contribution in [3.63, 3.8) is 0 Å². The number of halogens is 3. The summed E-state index contributed by atoms with van der Waals surface area (Å²) in [5.41, 5.74) is -0.933. The van der Waals surface area contributed by atoms with E-state index in [2.05, 4.69) is 10.3 Å². The zero-order valence-electron chi connectivity index (χ0n) is 11.9. The van der Waals surface area contributed by atoms with Gasteiger partial charge in [0, 0.05) is 24.6 Å². The predicted molar refractivity (Wildman–Crippen MR) is 75.4 cm³/mol. The number of aromatic nitrogens is 1. The smallest absolute Gasteiger partial charge is 0.396 e. The summed E-state index contributed by atoms with van der Waals surface area (Å²) in [5, 5.41) is 12.8. The molecule has 22 heavy (non-hydrogen) atoms. The Bertz CT molecular complexity index is 505. The minimum absolute atomic E-state index is 0.00979. The zero-order chi connectivity index (χ0) is 16.2. The largest absolute Gasteiger partial charge is 0.434 e. The number of aliphatic hydroxyl groups excluding tert-OH is 1. The fourth-order valence-electron chi connectivity index (χ4n) is 2.49. The highest BCUT2D eigenvalue weighted by Gasteiger charge is 2.33. The van der Waals surface area contributed by atoms with Crippen LogP contribution in [0.25, 0.3) is 0 Å². The zero-order valence-corrected chi connectivity index (χ0v) is 12.7. The molecule has 0 spiro atoms. The Labute approximate surface area is 130 Å². The summed E-state index contributed by atoms with van der Waals surface area (Å²) < 4.78 is 37.4. The lowest BCUT2D eigenvalue weighted by Crippen LogP contribution is -2.48. The molecule has 1 aliphatic rings. The van der Waals surface area contributed by atoms with Crippen molar-refractivity contribution >= 4 is 17.4 Å². The first kappa shape index (κ1) is 17.0. The number of hydrogen-bond acceptors (Lipinski definition) is 4. The quantitative estimate of drug-likeness (QED) is 0.888. The second-order valence-electron chi connectivity index (χ2n) is 5.14. The van der Waals surface area contributed by atoms with Crippen LogP contribution in [-0.2, 0) is 12.7 Å². The van der Waals surface area contributed by atoms with Gasteiger partial charge in [-0.25, -0.2) is 9.78 Å². The van der Waals surface area contributed by atoms with Crippen LogP contribution in [0.1, 0.15) is 36.4 Å². The van der Waals surface area contributed by atoms with E-state index in [1.54, 1.807) is 4.90 Å². The van der Waals surface area contributed by atoms with Crippen molar-refractivity contribution in [3.8, 4) is 0 Å². The van der Waals surface area contributed by atoms with Crippen molar-refractivity contribution in [2.75, 3.05) is 13.2 Å². The Morgan fingerprint density at radius 3 is 2.91 bits per heavy atom. The number of piperidine rings is 1. The molecule has 1 aromatic heterocycles. The van der Waals surface area contributed by atoms with Crippen molar-refractivity contribution in [1.82, 2.24) is 15.2 Å². The number of thiazole rings is 1. The molecule has 124 valence electrons. The Hall–Kier alpha value is -1.35. The van der Waals surface area contributed by atoms with Gasteiger partial charge in [-0.3, -0.25) is 0 Å². The average molecular weight is 337 g/mol. The fraction of sp³-hybridized carbons (Fsp3) is 0.692. The van der Waals surface area contributed by atoms with Crippen LogP contribution in [-0.4, -0.2) is 40.2 Å². The van der Waals surface area contributed by atoms with Crippen LogP contribution in [0.3, 0.4) is 0 Å². The second-order valence-corrected chi connectivity index (χ2v) is 6.08. The van der Waals surface area contributed by atoms with Crippen LogP contribution in [0.2, 0.25) is 0 Å². The highest BCUT2D eigenvalue weighted by Crippen LogP contribution is 2.30. The van der Waals surface area contributed by atoms with Gasteiger partial charge in [0.1, 0.15) is 5.01 Å². The number of aliphatic hydroxyl groups is 1. The molecule has 9 heteroatoms. The normalized spacial score (nSPS) is 19.3. The first-order chi connectivity index (χ1) is 10.4. The molecule has 1 unspecified atom stereocenters. The second kappa shape index (κ2) is 7.28. The number of urea groups is 1. The summed E-state index contributed by atoms with van der Waals surface area (Å²) in [6.45, 7) is 0.583. The molecular weight excluding hydrogens is 319 g/mol. The molecule has 2 heterocycles. The molecule has 1 aliphatic heterocycles. The van der Waals surface area contributed by atoms with Crippen molar-refractivity contribution in [3.05, 3.63) is 16.1 Å². The maximum Gasteiger partial charge on any atom is 0.434 e. The molecule has 0 aliphatic carbocycles. The van der Waals surface area contributed by atoms with Gasteiger partial charge in [-0.1, -0.05) is 0 Å². The van der Waals surface area contributed by atoms with E-state index in [9.17, 15) is 18.0 Å². The Morgan fingerprint density at radius 2 is 2.27 bits per heavy atom. The molecule has 2 amide bonds. The van der Waals surface area contributed by atoms with Crippen LogP contribution < -0.4 is 5.32 Å². The van der Waals surface area contributed by atoms with Gasteiger partial charge >= 0.3 is 12.2 Å². The molecule has 1 fully saturated rings. The molecule has 0 bridgehead atoms. The van der Waals surface area contributed by atoms with Crippen molar-refractivity contribution in [2.45, 2.75) is 44.4 Å². The average Bonchev–Trinajstić information content (AvgIpc) is 2.95. The predicted octanol–water partition coefficient (Wildman–Crippen LogP) is 2.61. The lowest BCUT2D eigenvalue weighted by Gasteiger charge is -2.35. The van der Waals surface area contributed by atoms with Crippen LogP contribution >= 0.6 is 11.3 Å². The molecule has 5 nitrogen and oxygen atoms in total. The van der Waals surface area contributed by atoms with E-state index in [1.165, 1.54) is 0 Å². The van der Waals surface area contributed by atoms with E-state index in [1.807, 2.05) is 0 Å². The summed E-state index contributed by atoms with van der Waals surface area (Å²) in [7, 11) is 0. The van der Waals surface area contributed by atoms with Crippen LogP contribution in [0, 0.1) is 0 Å². The number of carbonyl (C=O) groups excluding carboxylic acids is 1. The fourth-order valence-corrected chi connectivity index (χ4v) is 3.23. The third kappa shape index (κ3) is 4.33. The van der Waals surface area contributed by atoms with Gasteiger partial charge < -0.3 is 15.3 Å². The number of carbonyl (C=O) groups is 1. The van der Waals surface area contributed by atoms with Crippen LogP contribution in [0.4, 0.5) is 18.0 Å². The summed E-state index contributed by atoms with van der Waals surface area (Å²) in [4.78, 5) is 17.3. The Balaban J connectivity index is 1.90. The minimum atomic E-state index is -4.46. The lowest BCUT2D eigenvalue weighted by atomic mass is 10.0. The topological polar surface area (TPSA) is 65.5 Å². The molecule has 0 aromatic carbocycles. The summed E-state index contributed by atoms with van der Waals surface area (Å²) in [5.74, 6) is 0. The Morgan fingerprint density at radius 1 is 1.50 bits per heavy atom. The highest BCUT2D eigenvalue weighted by atomic mass is 32.1. The van der Waals surface area contributed by atoms with Gasteiger partial charge in [-0.15, -0.1) is 11.3 Å². The number of rotatable bonds is 4. The number of likely N-dealkylation sites (tertiary alicyclic amines) is 1. The first-order valence-corrected chi connectivity index (χ1v) is 7.96.